The van der Waals surface area contributed by atoms with Gasteiger partial charge in [0.25, 0.3) is 0 Å². The lowest BCUT2D eigenvalue weighted by molar-refractivity contribution is 1.13. The van der Waals surface area contributed by atoms with E-state index in [1.165, 1.54) is 0 Å². The number of hydrogen-bond donors (Lipinski definition) is 0. The monoisotopic (exact) mass is 350 g/mol. The second-order valence-corrected chi connectivity index (χ2v) is 4.90. The van der Waals surface area contributed by atoms with Crippen LogP contribution in [0.15, 0.2) is 19.5 Å². The van der Waals surface area contributed by atoms with Crippen molar-refractivity contribution in [2.75, 3.05) is 0 Å². The average Bonchev–Trinajstić information content (AvgIpc) is 2.02. The molecule has 4 heteroatoms. The summed E-state index contributed by atoms with van der Waals surface area (Å²) < 4.78 is 3.01. The van der Waals surface area contributed by atoms with Gasteiger partial charge in [-0.2, -0.15) is 0 Å². The highest BCUT2D eigenvalue weighted by molar-refractivity contribution is 9.13. The van der Waals surface area contributed by atoms with Gasteiger partial charge in [0.2, 0.25) is 0 Å². The van der Waals surface area contributed by atoms with Crippen molar-refractivity contribution in [1.29, 1.82) is 0 Å². The normalized spacial score (nSPS) is 10.3. The van der Waals surface area contributed by atoms with Crippen LogP contribution in [0.25, 0.3) is 0 Å². The number of halogens is 3. The zero-order valence-electron chi connectivity index (χ0n) is 6.50. The Morgan fingerprint density at radius 3 is 2.33 bits per heavy atom. The van der Waals surface area contributed by atoms with Gasteiger partial charge >= 0.3 is 0 Å². The third-order valence-electron chi connectivity index (χ3n) is 1.66. The summed E-state index contributed by atoms with van der Waals surface area (Å²) in [4.78, 5) is 0. The molecule has 0 aliphatic rings. The van der Waals surface area contributed by atoms with E-state index in [4.69, 9.17) is 7.85 Å². The molecule has 0 unspecified atom stereocenters. The first-order valence-electron chi connectivity index (χ1n) is 3.49. The molecular formula is C8H6BBr3. The Hall–Kier alpha value is 0.725. The fourth-order valence-electron chi connectivity index (χ4n) is 1.00. The Morgan fingerprint density at radius 2 is 1.83 bits per heavy atom. The average molecular weight is 353 g/mol. The summed E-state index contributed by atoms with van der Waals surface area (Å²) in [6.45, 7) is 2.08. The van der Waals surface area contributed by atoms with Crippen LogP contribution in [0.5, 0.6) is 0 Å². The van der Waals surface area contributed by atoms with E-state index in [0.29, 0.717) is 0 Å². The van der Waals surface area contributed by atoms with E-state index in [0.717, 1.165) is 30.9 Å². The van der Waals surface area contributed by atoms with Crippen molar-refractivity contribution < 1.29 is 0 Å². The summed E-state index contributed by atoms with van der Waals surface area (Å²) in [5.41, 5.74) is 1.95. The molecule has 62 valence electrons. The minimum absolute atomic E-state index is 0.813. The molecule has 0 saturated carbocycles. The molecule has 0 N–H and O–H groups in total. The molecule has 1 rings (SSSR count). The standard InChI is InChI=1S/C8H6BBr3/c1-2-4-7(9)5(10)3-6(11)8(4)12/h3H,2H2,1H3. The molecule has 0 aromatic heterocycles. The zero-order chi connectivity index (χ0) is 9.30. The lowest BCUT2D eigenvalue weighted by Gasteiger charge is -2.10. The second-order valence-electron chi connectivity index (χ2n) is 2.40. The molecule has 12 heavy (non-hydrogen) atoms. The van der Waals surface area contributed by atoms with Crippen molar-refractivity contribution in [3.05, 3.63) is 25.0 Å². The summed E-state index contributed by atoms with van der Waals surface area (Å²) in [6.07, 6.45) is 0.921. The molecule has 0 aliphatic heterocycles. The van der Waals surface area contributed by atoms with Crippen LogP contribution in [0.3, 0.4) is 0 Å². The van der Waals surface area contributed by atoms with Crippen LogP contribution >= 0.6 is 47.8 Å². The van der Waals surface area contributed by atoms with Gasteiger partial charge in [0.05, 0.1) is 0 Å². The molecule has 1 aromatic carbocycles. The van der Waals surface area contributed by atoms with Crippen molar-refractivity contribution in [3.63, 3.8) is 0 Å². The highest BCUT2D eigenvalue weighted by Gasteiger charge is 2.08. The van der Waals surface area contributed by atoms with E-state index >= 15 is 0 Å². The predicted octanol–water partition coefficient (Wildman–Crippen LogP) is 3.33. The Bertz CT molecular complexity index is 283. The Morgan fingerprint density at radius 1 is 1.25 bits per heavy atom. The summed E-state index contributed by atoms with van der Waals surface area (Å²) in [5.74, 6) is 0. The maximum absolute atomic E-state index is 5.87. The molecule has 0 amide bonds. The van der Waals surface area contributed by atoms with Crippen LogP contribution < -0.4 is 5.46 Å². The molecule has 0 nitrogen and oxygen atoms in total. The van der Waals surface area contributed by atoms with Crippen molar-refractivity contribution in [1.82, 2.24) is 0 Å². The van der Waals surface area contributed by atoms with Crippen LogP contribution in [0.1, 0.15) is 12.5 Å². The van der Waals surface area contributed by atoms with Crippen LogP contribution in [0.2, 0.25) is 0 Å². The maximum atomic E-state index is 5.87. The van der Waals surface area contributed by atoms with Gasteiger partial charge in [-0.1, -0.05) is 28.3 Å². The van der Waals surface area contributed by atoms with E-state index < -0.39 is 0 Å². The number of benzene rings is 1. The third-order valence-corrected chi connectivity index (χ3v) is 4.38. The summed E-state index contributed by atoms with van der Waals surface area (Å²) in [6, 6.07) is 1.94. The van der Waals surface area contributed by atoms with Crippen LogP contribution in [0, 0.1) is 0 Å². The van der Waals surface area contributed by atoms with Crippen LogP contribution in [-0.2, 0) is 6.42 Å². The molecule has 0 bridgehead atoms. The Balaban J connectivity index is 3.42. The van der Waals surface area contributed by atoms with Gasteiger partial charge in [-0.3, -0.25) is 0 Å². The maximum Gasteiger partial charge on any atom is 0.115 e. The second kappa shape index (κ2) is 4.29. The first kappa shape index (κ1) is 10.8. The van der Waals surface area contributed by atoms with Crippen molar-refractivity contribution in [2.24, 2.45) is 0 Å². The van der Waals surface area contributed by atoms with E-state index in [-0.39, 0.29) is 0 Å². The lowest BCUT2D eigenvalue weighted by Crippen LogP contribution is -2.12. The minimum Gasteiger partial charge on any atom is -0.0784 e. The lowest BCUT2D eigenvalue weighted by atomic mass is 9.89. The molecule has 0 fully saturated rings. The molecule has 0 heterocycles. The zero-order valence-corrected chi connectivity index (χ0v) is 11.3. The molecule has 0 saturated heterocycles. The van der Waals surface area contributed by atoms with Gasteiger partial charge in [0.1, 0.15) is 7.85 Å². The van der Waals surface area contributed by atoms with Gasteiger partial charge in [0, 0.05) is 13.4 Å². The van der Waals surface area contributed by atoms with Crippen LogP contribution in [-0.4, -0.2) is 7.85 Å². The smallest absolute Gasteiger partial charge is 0.0784 e. The van der Waals surface area contributed by atoms with Gasteiger partial charge < -0.3 is 0 Å². The fraction of sp³-hybridized carbons (Fsp3) is 0.250. The Kier molecular flexibility index (Phi) is 3.86. The largest absolute Gasteiger partial charge is 0.115 e. The van der Waals surface area contributed by atoms with Crippen molar-refractivity contribution in [2.45, 2.75) is 13.3 Å². The van der Waals surface area contributed by atoms with E-state index in [1.807, 2.05) is 6.07 Å². The molecular weight excluding hydrogens is 347 g/mol. The fourth-order valence-corrected chi connectivity index (χ4v) is 2.86. The Labute approximate surface area is 98.9 Å². The van der Waals surface area contributed by atoms with E-state index in [2.05, 4.69) is 54.7 Å². The summed E-state index contributed by atoms with van der Waals surface area (Å²) >= 11 is 10.3. The first-order chi connectivity index (χ1) is 5.57. The quantitative estimate of drug-likeness (QED) is 0.537. The summed E-state index contributed by atoms with van der Waals surface area (Å²) in [5, 5.41) is 0. The minimum atomic E-state index is 0.813. The highest BCUT2D eigenvalue weighted by atomic mass is 79.9. The molecule has 0 spiro atoms. The topological polar surface area (TPSA) is 0 Å². The van der Waals surface area contributed by atoms with E-state index in [1.54, 1.807) is 0 Å². The van der Waals surface area contributed by atoms with E-state index in [9.17, 15) is 0 Å². The van der Waals surface area contributed by atoms with Gasteiger partial charge in [-0.25, -0.2) is 0 Å². The van der Waals surface area contributed by atoms with Gasteiger partial charge in [-0.05, 0) is 49.9 Å². The number of rotatable bonds is 1. The molecule has 2 radical (unpaired) electrons. The molecule has 0 atom stereocenters. The van der Waals surface area contributed by atoms with Crippen molar-refractivity contribution in [3.8, 4) is 0 Å². The highest BCUT2D eigenvalue weighted by Crippen LogP contribution is 2.28. The first-order valence-corrected chi connectivity index (χ1v) is 5.87. The predicted molar refractivity (Wildman–Crippen MR) is 64.3 cm³/mol. The van der Waals surface area contributed by atoms with Crippen LogP contribution in [0.4, 0.5) is 0 Å². The van der Waals surface area contributed by atoms with Crippen molar-refractivity contribution >= 4 is 61.1 Å². The molecule has 0 aliphatic carbocycles. The third kappa shape index (κ3) is 1.96. The number of hydrogen-bond acceptors (Lipinski definition) is 0. The summed E-state index contributed by atoms with van der Waals surface area (Å²) in [7, 11) is 5.87. The van der Waals surface area contributed by atoms with Gasteiger partial charge in [-0.15, -0.1) is 0 Å². The molecule has 1 aromatic rings. The van der Waals surface area contributed by atoms with Gasteiger partial charge in [0.15, 0.2) is 0 Å². The SMILES string of the molecule is [B]c1c(Br)cc(Br)c(Br)c1CC.